The summed E-state index contributed by atoms with van der Waals surface area (Å²) in [5.41, 5.74) is 1.30. The molecule has 0 bridgehead atoms. The van der Waals surface area contributed by atoms with Crippen LogP contribution in [-0.4, -0.2) is 29.3 Å². The van der Waals surface area contributed by atoms with Crippen LogP contribution in [0.25, 0.3) is 0 Å². The molecule has 3 rings (SSSR count). The predicted octanol–water partition coefficient (Wildman–Crippen LogP) is 1.58. The minimum Gasteiger partial charge on any atom is -0.459 e. The molecule has 0 radical (unpaired) electrons. The molecule has 22 heavy (non-hydrogen) atoms. The zero-order valence-electron chi connectivity index (χ0n) is 11.5. The van der Waals surface area contributed by atoms with Crippen molar-refractivity contribution in [3.05, 3.63) is 54.0 Å². The van der Waals surface area contributed by atoms with Crippen LogP contribution < -0.4 is 10.6 Å². The van der Waals surface area contributed by atoms with Crippen LogP contribution in [0.4, 0.5) is 10.5 Å². The van der Waals surface area contributed by atoms with Crippen LogP contribution in [-0.2, 0) is 11.3 Å². The van der Waals surface area contributed by atoms with Gasteiger partial charge in [0, 0.05) is 5.69 Å². The van der Waals surface area contributed by atoms with Crippen LogP contribution in [0.15, 0.2) is 47.1 Å². The Balaban J connectivity index is 1.71. The second kappa shape index (κ2) is 5.72. The number of carbonyl (C=O) groups excluding carboxylic acids is 3. The van der Waals surface area contributed by atoms with E-state index in [1.165, 1.54) is 6.26 Å². The lowest BCUT2D eigenvalue weighted by atomic mass is 10.2. The molecule has 1 aromatic carbocycles. The Hall–Kier alpha value is -3.09. The Morgan fingerprint density at radius 2 is 2.14 bits per heavy atom. The molecule has 7 heteroatoms. The summed E-state index contributed by atoms with van der Waals surface area (Å²) in [6.45, 7) is 0.183. The molecule has 0 saturated carbocycles. The van der Waals surface area contributed by atoms with Crippen molar-refractivity contribution in [2.45, 2.75) is 6.54 Å². The fraction of sp³-hybridized carbons (Fsp3) is 0.133. The molecular weight excluding hydrogens is 286 g/mol. The SMILES string of the molecule is O=C(Nc1cccc(CN2C(=O)CNC2=O)c1)c1ccco1. The highest BCUT2D eigenvalue weighted by atomic mass is 16.3. The Morgan fingerprint density at radius 3 is 2.82 bits per heavy atom. The fourth-order valence-electron chi connectivity index (χ4n) is 2.15. The number of hydrogen-bond donors (Lipinski definition) is 2. The first kappa shape index (κ1) is 13.9. The summed E-state index contributed by atoms with van der Waals surface area (Å²) < 4.78 is 5.02. The van der Waals surface area contributed by atoms with Gasteiger partial charge in [-0.05, 0) is 29.8 Å². The molecule has 2 aromatic rings. The van der Waals surface area contributed by atoms with E-state index in [1.54, 1.807) is 36.4 Å². The van der Waals surface area contributed by atoms with E-state index in [2.05, 4.69) is 10.6 Å². The lowest BCUT2D eigenvalue weighted by Crippen LogP contribution is -2.30. The summed E-state index contributed by atoms with van der Waals surface area (Å²) >= 11 is 0. The number of nitrogens with one attached hydrogen (secondary N) is 2. The van der Waals surface area contributed by atoms with Crippen molar-refractivity contribution in [1.82, 2.24) is 10.2 Å². The lowest BCUT2D eigenvalue weighted by Gasteiger charge is -2.13. The van der Waals surface area contributed by atoms with Gasteiger partial charge in [-0.25, -0.2) is 4.79 Å². The Kier molecular flexibility index (Phi) is 3.61. The molecule has 0 aliphatic carbocycles. The number of amides is 4. The molecule has 1 aliphatic rings. The number of urea groups is 1. The van der Waals surface area contributed by atoms with E-state index in [4.69, 9.17) is 4.42 Å². The fourth-order valence-corrected chi connectivity index (χ4v) is 2.15. The van der Waals surface area contributed by atoms with Crippen LogP contribution in [0.1, 0.15) is 16.1 Å². The maximum Gasteiger partial charge on any atom is 0.324 e. The third kappa shape index (κ3) is 2.83. The third-order valence-electron chi connectivity index (χ3n) is 3.21. The molecular formula is C15H13N3O4. The summed E-state index contributed by atoms with van der Waals surface area (Å²) in [5.74, 6) is -0.424. The second-order valence-electron chi connectivity index (χ2n) is 4.77. The van der Waals surface area contributed by atoms with E-state index in [0.29, 0.717) is 5.69 Å². The molecule has 1 saturated heterocycles. The summed E-state index contributed by atoms with van der Waals surface area (Å²) in [6, 6.07) is 9.73. The van der Waals surface area contributed by atoms with E-state index in [-0.39, 0.29) is 30.7 Å². The van der Waals surface area contributed by atoms with Crippen molar-refractivity contribution in [2.75, 3.05) is 11.9 Å². The number of rotatable bonds is 4. The van der Waals surface area contributed by atoms with Crippen molar-refractivity contribution in [2.24, 2.45) is 0 Å². The summed E-state index contributed by atoms with van der Waals surface area (Å²) in [5, 5.41) is 5.16. The van der Waals surface area contributed by atoms with Gasteiger partial charge in [0.1, 0.15) is 0 Å². The molecule has 0 unspecified atom stereocenters. The highest BCUT2D eigenvalue weighted by Gasteiger charge is 2.28. The first-order valence-electron chi connectivity index (χ1n) is 6.65. The molecule has 0 atom stereocenters. The van der Waals surface area contributed by atoms with Gasteiger partial charge < -0.3 is 15.1 Å². The molecule has 7 nitrogen and oxygen atoms in total. The molecule has 1 fully saturated rings. The highest BCUT2D eigenvalue weighted by Crippen LogP contribution is 2.15. The van der Waals surface area contributed by atoms with Crippen LogP contribution in [0.5, 0.6) is 0 Å². The number of hydrogen-bond acceptors (Lipinski definition) is 4. The van der Waals surface area contributed by atoms with E-state index in [1.807, 2.05) is 0 Å². The van der Waals surface area contributed by atoms with Gasteiger partial charge in [-0.2, -0.15) is 0 Å². The van der Waals surface area contributed by atoms with E-state index in [9.17, 15) is 14.4 Å². The largest absolute Gasteiger partial charge is 0.459 e. The Morgan fingerprint density at radius 1 is 1.27 bits per heavy atom. The normalized spacial score (nSPS) is 14.1. The van der Waals surface area contributed by atoms with E-state index in [0.717, 1.165) is 10.5 Å². The monoisotopic (exact) mass is 299 g/mol. The Bertz CT molecular complexity index is 708. The summed E-state index contributed by atoms with van der Waals surface area (Å²) in [4.78, 5) is 36.1. The predicted molar refractivity (Wildman–Crippen MR) is 77.1 cm³/mol. The standard InChI is InChI=1S/C15H13N3O4/c19-13-8-16-15(21)18(13)9-10-3-1-4-11(7-10)17-14(20)12-5-2-6-22-12/h1-7H,8-9H2,(H,16,21)(H,17,20). The highest BCUT2D eigenvalue weighted by molar-refractivity contribution is 6.02. The molecule has 4 amide bonds. The van der Waals surface area contributed by atoms with E-state index < -0.39 is 6.03 Å². The van der Waals surface area contributed by atoms with Crippen LogP contribution in [0.3, 0.4) is 0 Å². The number of imide groups is 1. The smallest absolute Gasteiger partial charge is 0.324 e. The van der Waals surface area contributed by atoms with Crippen LogP contribution >= 0.6 is 0 Å². The first-order valence-corrected chi connectivity index (χ1v) is 6.65. The maximum atomic E-state index is 11.9. The molecule has 1 aliphatic heterocycles. The summed E-state index contributed by atoms with van der Waals surface area (Å²) in [7, 11) is 0. The quantitative estimate of drug-likeness (QED) is 0.838. The number of anilines is 1. The van der Waals surface area contributed by atoms with Gasteiger partial charge in [0.05, 0.1) is 19.4 Å². The van der Waals surface area contributed by atoms with Gasteiger partial charge >= 0.3 is 6.03 Å². The second-order valence-corrected chi connectivity index (χ2v) is 4.77. The molecule has 112 valence electrons. The Labute approximate surface area is 125 Å². The van der Waals surface area contributed by atoms with Gasteiger partial charge in [0.25, 0.3) is 5.91 Å². The van der Waals surface area contributed by atoms with Gasteiger partial charge in [0.2, 0.25) is 5.91 Å². The average Bonchev–Trinajstić information content (AvgIpc) is 3.13. The number of benzene rings is 1. The minimum atomic E-state index is -0.407. The third-order valence-corrected chi connectivity index (χ3v) is 3.21. The zero-order valence-corrected chi connectivity index (χ0v) is 11.5. The van der Waals surface area contributed by atoms with Crippen molar-refractivity contribution < 1.29 is 18.8 Å². The topological polar surface area (TPSA) is 91.7 Å². The molecule has 2 heterocycles. The summed E-state index contributed by atoms with van der Waals surface area (Å²) in [6.07, 6.45) is 1.42. The number of nitrogens with zero attached hydrogens (tertiary/aromatic N) is 1. The minimum absolute atomic E-state index is 0.0216. The van der Waals surface area contributed by atoms with Crippen LogP contribution in [0, 0.1) is 0 Å². The van der Waals surface area contributed by atoms with Gasteiger partial charge in [-0.15, -0.1) is 0 Å². The van der Waals surface area contributed by atoms with Crippen molar-refractivity contribution in [3.8, 4) is 0 Å². The molecule has 2 N–H and O–H groups in total. The van der Waals surface area contributed by atoms with Crippen molar-refractivity contribution in [3.63, 3.8) is 0 Å². The average molecular weight is 299 g/mol. The zero-order chi connectivity index (χ0) is 15.5. The van der Waals surface area contributed by atoms with Gasteiger partial charge in [-0.1, -0.05) is 12.1 Å². The number of carbonyl (C=O) groups is 3. The van der Waals surface area contributed by atoms with Crippen molar-refractivity contribution in [1.29, 1.82) is 0 Å². The van der Waals surface area contributed by atoms with Crippen molar-refractivity contribution >= 4 is 23.5 Å². The first-order chi connectivity index (χ1) is 10.6. The number of furan rings is 1. The molecule has 0 spiro atoms. The van der Waals surface area contributed by atoms with Crippen LogP contribution in [0.2, 0.25) is 0 Å². The lowest BCUT2D eigenvalue weighted by molar-refractivity contribution is -0.125. The van der Waals surface area contributed by atoms with Gasteiger partial charge in [-0.3, -0.25) is 14.5 Å². The van der Waals surface area contributed by atoms with Gasteiger partial charge in [0.15, 0.2) is 5.76 Å². The molecule has 1 aromatic heterocycles. The maximum absolute atomic E-state index is 11.9. The van der Waals surface area contributed by atoms with E-state index >= 15 is 0 Å².